The van der Waals surface area contributed by atoms with Gasteiger partial charge in [0.05, 0.1) is 11.8 Å². The van der Waals surface area contributed by atoms with Gasteiger partial charge in [-0.3, -0.25) is 0 Å². The molecule has 0 aliphatic rings. The molecule has 0 aromatic heterocycles. The van der Waals surface area contributed by atoms with Gasteiger partial charge in [0, 0.05) is 13.1 Å². The number of hydrogen-bond donors (Lipinski definition) is 1. The lowest BCUT2D eigenvalue weighted by molar-refractivity contribution is 0.562. The largest absolute Gasteiger partial charge is 0.367 e. The smallest absolute Gasteiger partial charge is 0.146 e. The molecule has 3 nitrogen and oxygen atoms in total. The number of halogens is 1. The summed E-state index contributed by atoms with van der Waals surface area (Å²) in [6.07, 6.45) is 0. The molecule has 0 saturated carbocycles. The fourth-order valence-electron chi connectivity index (χ4n) is 1.51. The monoisotopic (exact) mass is 221 g/mol. The van der Waals surface area contributed by atoms with Gasteiger partial charge >= 0.3 is 0 Å². The van der Waals surface area contributed by atoms with Crippen molar-refractivity contribution in [1.29, 1.82) is 5.26 Å². The van der Waals surface area contributed by atoms with Crippen molar-refractivity contribution in [3.05, 3.63) is 30.1 Å². The molecule has 4 heteroatoms. The van der Waals surface area contributed by atoms with E-state index in [2.05, 4.69) is 0 Å². The number of likely N-dealkylation sites (N-methyl/N-ethyl adjacent to an activating group) is 1. The molecule has 0 radical (unpaired) electrons. The number of para-hydroxylation sites is 1. The maximum absolute atomic E-state index is 13.5. The second kappa shape index (κ2) is 4.95. The van der Waals surface area contributed by atoms with Crippen LogP contribution in [0.1, 0.15) is 13.8 Å². The molecule has 1 rings (SSSR count). The fraction of sp³-hybridized carbons (Fsp3) is 0.417. The van der Waals surface area contributed by atoms with Gasteiger partial charge in [-0.2, -0.15) is 5.26 Å². The average molecular weight is 221 g/mol. The molecule has 0 amide bonds. The predicted octanol–water partition coefficient (Wildman–Crippen LogP) is 1.89. The summed E-state index contributed by atoms with van der Waals surface area (Å²) < 4.78 is 13.5. The predicted molar refractivity (Wildman–Crippen MR) is 62.5 cm³/mol. The first-order valence-corrected chi connectivity index (χ1v) is 5.20. The van der Waals surface area contributed by atoms with Gasteiger partial charge in [-0.05, 0) is 26.0 Å². The Kier molecular flexibility index (Phi) is 3.86. The summed E-state index contributed by atoms with van der Waals surface area (Å²) in [4.78, 5) is 1.76. The first kappa shape index (κ1) is 12.5. The number of nitriles is 1. The van der Waals surface area contributed by atoms with Gasteiger partial charge in [0.1, 0.15) is 11.4 Å². The Morgan fingerprint density at radius 1 is 1.50 bits per heavy atom. The molecule has 0 aliphatic heterocycles. The van der Waals surface area contributed by atoms with Crippen LogP contribution in [0.15, 0.2) is 24.3 Å². The molecule has 0 spiro atoms. The van der Waals surface area contributed by atoms with Crippen LogP contribution in [0.4, 0.5) is 10.1 Å². The van der Waals surface area contributed by atoms with E-state index in [1.165, 1.54) is 6.07 Å². The molecule has 0 aliphatic carbocycles. The number of hydrogen-bond acceptors (Lipinski definition) is 3. The van der Waals surface area contributed by atoms with Crippen molar-refractivity contribution in [3.8, 4) is 6.07 Å². The highest BCUT2D eigenvalue weighted by atomic mass is 19.1. The molecular formula is C12H16FN3. The van der Waals surface area contributed by atoms with E-state index >= 15 is 0 Å². The molecule has 1 aromatic carbocycles. The number of nitrogens with two attached hydrogens (primary N) is 1. The molecular weight excluding hydrogens is 205 g/mol. The zero-order valence-electron chi connectivity index (χ0n) is 9.57. The molecule has 0 saturated heterocycles. The molecule has 2 N–H and O–H groups in total. The number of benzene rings is 1. The summed E-state index contributed by atoms with van der Waals surface area (Å²) in [5, 5.41) is 8.86. The summed E-state index contributed by atoms with van der Waals surface area (Å²) in [5.74, 6) is -0.293. The van der Waals surface area contributed by atoms with Crippen molar-refractivity contribution in [2.75, 3.05) is 18.0 Å². The van der Waals surface area contributed by atoms with Crippen molar-refractivity contribution in [1.82, 2.24) is 0 Å². The third-order valence-electron chi connectivity index (χ3n) is 2.35. The normalized spacial score (nSPS) is 13.9. The fourth-order valence-corrected chi connectivity index (χ4v) is 1.51. The maximum Gasteiger partial charge on any atom is 0.146 e. The van der Waals surface area contributed by atoms with Gasteiger partial charge in [-0.15, -0.1) is 0 Å². The van der Waals surface area contributed by atoms with Gasteiger partial charge < -0.3 is 10.6 Å². The van der Waals surface area contributed by atoms with Crippen molar-refractivity contribution in [3.63, 3.8) is 0 Å². The Morgan fingerprint density at radius 2 is 2.12 bits per heavy atom. The van der Waals surface area contributed by atoms with E-state index in [4.69, 9.17) is 11.0 Å². The van der Waals surface area contributed by atoms with Crippen molar-refractivity contribution < 1.29 is 4.39 Å². The summed E-state index contributed by atoms with van der Waals surface area (Å²) in [5.41, 5.74) is 5.26. The van der Waals surface area contributed by atoms with Crippen LogP contribution in [0.5, 0.6) is 0 Å². The van der Waals surface area contributed by atoms with Crippen molar-refractivity contribution in [2.45, 2.75) is 19.4 Å². The Hall–Kier alpha value is -1.60. The molecule has 0 bridgehead atoms. The lowest BCUT2D eigenvalue weighted by Crippen LogP contribution is -2.47. The minimum Gasteiger partial charge on any atom is -0.367 e. The van der Waals surface area contributed by atoms with E-state index in [1.807, 2.05) is 13.0 Å². The van der Waals surface area contributed by atoms with Crippen LogP contribution in [0, 0.1) is 17.1 Å². The highest BCUT2D eigenvalue weighted by molar-refractivity contribution is 5.48. The minimum atomic E-state index is -0.974. The van der Waals surface area contributed by atoms with E-state index in [1.54, 1.807) is 30.0 Å². The number of rotatable bonds is 4. The van der Waals surface area contributed by atoms with E-state index in [0.717, 1.165) is 0 Å². The van der Waals surface area contributed by atoms with Crippen LogP contribution in [-0.2, 0) is 0 Å². The number of anilines is 1. The third-order valence-corrected chi connectivity index (χ3v) is 2.35. The molecule has 16 heavy (non-hydrogen) atoms. The number of nitrogens with zero attached hydrogens (tertiary/aromatic N) is 2. The van der Waals surface area contributed by atoms with Crippen LogP contribution in [-0.4, -0.2) is 18.6 Å². The zero-order valence-corrected chi connectivity index (χ0v) is 9.57. The van der Waals surface area contributed by atoms with Gasteiger partial charge in [0.2, 0.25) is 0 Å². The first-order valence-electron chi connectivity index (χ1n) is 5.20. The third kappa shape index (κ3) is 2.94. The summed E-state index contributed by atoms with van der Waals surface area (Å²) in [6, 6.07) is 8.50. The van der Waals surface area contributed by atoms with Gasteiger partial charge in [-0.25, -0.2) is 4.39 Å². The molecule has 0 fully saturated rings. The topological polar surface area (TPSA) is 53.0 Å². The SMILES string of the molecule is CCN(CC(C)(N)C#N)c1ccccc1F. The van der Waals surface area contributed by atoms with Crippen LogP contribution >= 0.6 is 0 Å². The maximum atomic E-state index is 13.5. The minimum absolute atomic E-state index is 0.293. The molecule has 86 valence electrons. The van der Waals surface area contributed by atoms with E-state index in [9.17, 15) is 4.39 Å². The van der Waals surface area contributed by atoms with E-state index in [-0.39, 0.29) is 5.82 Å². The Morgan fingerprint density at radius 3 is 2.62 bits per heavy atom. The standard InChI is InChI=1S/C12H16FN3/c1-3-16(9-12(2,15)8-14)11-7-5-4-6-10(11)13/h4-7H,3,9,15H2,1-2H3. The molecule has 1 atom stereocenters. The highest BCUT2D eigenvalue weighted by Crippen LogP contribution is 2.19. The van der Waals surface area contributed by atoms with Crippen LogP contribution in [0.2, 0.25) is 0 Å². The van der Waals surface area contributed by atoms with E-state index < -0.39 is 5.54 Å². The van der Waals surface area contributed by atoms with Crippen LogP contribution in [0.3, 0.4) is 0 Å². The van der Waals surface area contributed by atoms with Crippen LogP contribution in [0.25, 0.3) is 0 Å². The van der Waals surface area contributed by atoms with Crippen molar-refractivity contribution >= 4 is 5.69 Å². The Balaban J connectivity index is 2.93. The average Bonchev–Trinajstić information content (AvgIpc) is 2.27. The zero-order chi connectivity index (χ0) is 12.2. The lowest BCUT2D eigenvalue weighted by atomic mass is 10.1. The van der Waals surface area contributed by atoms with Gasteiger partial charge in [0.25, 0.3) is 0 Å². The lowest BCUT2D eigenvalue weighted by Gasteiger charge is -2.29. The van der Waals surface area contributed by atoms with Crippen molar-refractivity contribution in [2.24, 2.45) is 5.73 Å². The highest BCUT2D eigenvalue weighted by Gasteiger charge is 2.22. The van der Waals surface area contributed by atoms with Gasteiger partial charge in [0.15, 0.2) is 0 Å². The molecule has 0 heterocycles. The summed E-state index contributed by atoms with van der Waals surface area (Å²) >= 11 is 0. The Bertz CT molecular complexity index is 395. The quantitative estimate of drug-likeness (QED) is 0.844. The van der Waals surface area contributed by atoms with Gasteiger partial charge in [-0.1, -0.05) is 12.1 Å². The van der Waals surface area contributed by atoms with E-state index in [0.29, 0.717) is 18.8 Å². The first-order chi connectivity index (χ1) is 7.50. The van der Waals surface area contributed by atoms with Crippen LogP contribution < -0.4 is 10.6 Å². The summed E-state index contributed by atoms with van der Waals surface area (Å²) in [7, 11) is 0. The second-order valence-electron chi connectivity index (χ2n) is 3.99. The summed E-state index contributed by atoms with van der Waals surface area (Å²) in [6.45, 7) is 4.45. The second-order valence-corrected chi connectivity index (χ2v) is 3.99. The molecule has 1 aromatic rings. The Labute approximate surface area is 95.3 Å². The molecule has 1 unspecified atom stereocenters.